The van der Waals surface area contributed by atoms with Crippen LogP contribution in [0.15, 0.2) is 48.7 Å². The minimum atomic E-state index is -1.21. The second kappa shape index (κ2) is 11.5. The van der Waals surface area contributed by atoms with Crippen LogP contribution in [0.4, 0.5) is 0 Å². The van der Waals surface area contributed by atoms with Crippen LogP contribution in [0.2, 0.25) is 0 Å². The number of hydrogen-bond donors (Lipinski definition) is 2. The zero-order chi connectivity index (χ0) is 22.9. The van der Waals surface area contributed by atoms with E-state index >= 15 is 0 Å². The van der Waals surface area contributed by atoms with E-state index in [-0.39, 0.29) is 12.3 Å². The number of amides is 1. The van der Waals surface area contributed by atoms with Gasteiger partial charge < -0.3 is 15.2 Å². The summed E-state index contributed by atoms with van der Waals surface area (Å²) in [4.78, 5) is 17.3. The number of aliphatic hydroxyl groups is 1. The van der Waals surface area contributed by atoms with Gasteiger partial charge in [-0.1, -0.05) is 38.5 Å². The monoisotopic (exact) mass is 423 g/mol. The number of rotatable bonds is 11. The van der Waals surface area contributed by atoms with Crippen molar-refractivity contribution < 1.29 is 14.6 Å². The fourth-order valence-electron chi connectivity index (χ4n) is 3.49. The summed E-state index contributed by atoms with van der Waals surface area (Å²) in [5.74, 6) is 0.180. The molecular weight excluding hydrogens is 390 g/mol. The van der Waals surface area contributed by atoms with Crippen LogP contribution in [-0.4, -0.2) is 28.2 Å². The van der Waals surface area contributed by atoms with Crippen molar-refractivity contribution in [2.75, 3.05) is 6.61 Å². The summed E-state index contributed by atoms with van der Waals surface area (Å²) in [6, 6.07) is 14.1. The number of nitriles is 1. The first-order valence-corrected chi connectivity index (χ1v) is 10.8. The standard InChI is InChI=1S/C25H33N3O3/c1-5-8-18(2)17-31-20-12-10-19(11-13-20)23(25(3,4)30)28-24(29)21(14-15-26)22-9-6-7-16-27-22/h6-7,9-13,16,18,21,23,30H,5,8,14,17H2,1-4H3,(H,28,29)/t18?,21-,23+/m0/s1. The number of benzene rings is 1. The summed E-state index contributed by atoms with van der Waals surface area (Å²) < 4.78 is 5.86. The van der Waals surface area contributed by atoms with Crippen molar-refractivity contribution in [3.8, 4) is 11.8 Å². The van der Waals surface area contributed by atoms with E-state index in [4.69, 9.17) is 4.74 Å². The van der Waals surface area contributed by atoms with E-state index in [0.29, 0.717) is 18.2 Å². The molecule has 1 heterocycles. The number of nitrogens with one attached hydrogen (secondary N) is 1. The summed E-state index contributed by atoms with van der Waals surface area (Å²) >= 11 is 0. The van der Waals surface area contributed by atoms with Gasteiger partial charge in [0.2, 0.25) is 5.91 Å². The largest absolute Gasteiger partial charge is 0.493 e. The highest BCUT2D eigenvalue weighted by molar-refractivity contribution is 5.84. The molecule has 6 nitrogen and oxygen atoms in total. The average molecular weight is 424 g/mol. The zero-order valence-corrected chi connectivity index (χ0v) is 18.8. The second-order valence-corrected chi connectivity index (χ2v) is 8.54. The van der Waals surface area contributed by atoms with Gasteiger partial charge in [-0.05, 0) is 56.0 Å². The van der Waals surface area contributed by atoms with Crippen molar-refractivity contribution >= 4 is 5.91 Å². The van der Waals surface area contributed by atoms with Crippen LogP contribution in [0.25, 0.3) is 0 Å². The molecule has 0 saturated carbocycles. The minimum absolute atomic E-state index is 0.00411. The number of pyridine rings is 1. The molecule has 0 radical (unpaired) electrons. The summed E-state index contributed by atoms with van der Waals surface area (Å²) in [5, 5.41) is 22.9. The summed E-state index contributed by atoms with van der Waals surface area (Å²) in [6.07, 6.45) is 3.84. The molecule has 1 unspecified atom stereocenters. The molecule has 2 N–H and O–H groups in total. The Bertz CT molecular complexity index is 854. The molecule has 2 rings (SSSR count). The molecule has 0 aliphatic carbocycles. The van der Waals surface area contributed by atoms with Gasteiger partial charge in [-0.25, -0.2) is 0 Å². The minimum Gasteiger partial charge on any atom is -0.493 e. The highest BCUT2D eigenvalue weighted by Crippen LogP contribution is 2.29. The molecule has 0 fully saturated rings. The normalized spacial score (nSPS) is 14.2. The number of aromatic nitrogens is 1. The maximum Gasteiger partial charge on any atom is 0.230 e. The Kier molecular flexibility index (Phi) is 9.02. The Morgan fingerprint density at radius 1 is 1.26 bits per heavy atom. The van der Waals surface area contributed by atoms with Crippen LogP contribution >= 0.6 is 0 Å². The van der Waals surface area contributed by atoms with Gasteiger partial charge in [0.25, 0.3) is 0 Å². The van der Waals surface area contributed by atoms with Gasteiger partial charge in [0, 0.05) is 6.20 Å². The van der Waals surface area contributed by atoms with Gasteiger partial charge in [0.15, 0.2) is 0 Å². The highest BCUT2D eigenvalue weighted by Gasteiger charge is 2.33. The molecule has 0 bridgehead atoms. The second-order valence-electron chi connectivity index (χ2n) is 8.54. The van der Waals surface area contributed by atoms with E-state index in [1.807, 2.05) is 24.3 Å². The summed E-state index contributed by atoms with van der Waals surface area (Å²) in [7, 11) is 0. The quantitative estimate of drug-likeness (QED) is 0.554. The Balaban J connectivity index is 2.16. The van der Waals surface area contributed by atoms with Crippen molar-refractivity contribution in [3.63, 3.8) is 0 Å². The van der Waals surface area contributed by atoms with Gasteiger partial charge in [0.05, 0.1) is 42.4 Å². The SMILES string of the molecule is CCCC(C)COc1ccc([C@@H](NC(=O)[C@@H](CC#N)c2ccccn2)C(C)(C)O)cc1. The maximum absolute atomic E-state index is 13.0. The third kappa shape index (κ3) is 7.37. The van der Waals surface area contributed by atoms with Crippen LogP contribution in [0, 0.1) is 17.2 Å². The molecule has 3 atom stereocenters. The van der Waals surface area contributed by atoms with Crippen molar-refractivity contribution in [3.05, 3.63) is 59.9 Å². The molecule has 31 heavy (non-hydrogen) atoms. The van der Waals surface area contributed by atoms with Crippen molar-refractivity contribution in [2.45, 2.75) is 64.5 Å². The zero-order valence-electron chi connectivity index (χ0n) is 18.8. The number of hydrogen-bond acceptors (Lipinski definition) is 5. The van der Waals surface area contributed by atoms with E-state index < -0.39 is 17.6 Å². The van der Waals surface area contributed by atoms with Gasteiger partial charge in [-0.2, -0.15) is 5.26 Å². The molecule has 1 amide bonds. The first-order chi connectivity index (χ1) is 14.8. The molecule has 0 aliphatic rings. The van der Waals surface area contributed by atoms with Crippen LogP contribution in [-0.2, 0) is 4.79 Å². The van der Waals surface area contributed by atoms with Crippen LogP contribution in [0.3, 0.4) is 0 Å². The highest BCUT2D eigenvalue weighted by atomic mass is 16.5. The van der Waals surface area contributed by atoms with Crippen molar-refractivity contribution in [2.24, 2.45) is 5.92 Å². The molecule has 166 valence electrons. The molecule has 2 aromatic rings. The lowest BCUT2D eigenvalue weighted by Gasteiger charge is -2.32. The lowest BCUT2D eigenvalue weighted by Crippen LogP contribution is -2.44. The first kappa shape index (κ1) is 24.4. The average Bonchev–Trinajstić information content (AvgIpc) is 2.74. The summed E-state index contributed by atoms with van der Waals surface area (Å²) in [6.45, 7) is 8.27. The van der Waals surface area contributed by atoms with E-state index in [9.17, 15) is 15.2 Å². The fraction of sp³-hybridized carbons (Fsp3) is 0.480. The Hall–Kier alpha value is -2.91. The Morgan fingerprint density at radius 2 is 1.97 bits per heavy atom. The van der Waals surface area contributed by atoms with Gasteiger partial charge in [-0.3, -0.25) is 9.78 Å². The van der Waals surface area contributed by atoms with Gasteiger partial charge in [0.1, 0.15) is 5.75 Å². The van der Waals surface area contributed by atoms with Crippen LogP contribution in [0.5, 0.6) is 5.75 Å². The lowest BCUT2D eigenvalue weighted by molar-refractivity contribution is -0.125. The lowest BCUT2D eigenvalue weighted by atomic mass is 9.90. The summed E-state index contributed by atoms with van der Waals surface area (Å²) in [5.41, 5.74) is 0.0714. The predicted molar refractivity (Wildman–Crippen MR) is 120 cm³/mol. The molecule has 0 saturated heterocycles. The maximum atomic E-state index is 13.0. The topological polar surface area (TPSA) is 95.2 Å². The van der Waals surface area contributed by atoms with Crippen molar-refractivity contribution in [1.29, 1.82) is 5.26 Å². The molecule has 6 heteroatoms. The number of carbonyl (C=O) groups is 1. The third-order valence-corrected chi connectivity index (χ3v) is 5.18. The number of ether oxygens (including phenoxy) is 1. The molecule has 0 spiro atoms. The fourth-order valence-corrected chi connectivity index (χ4v) is 3.49. The predicted octanol–water partition coefficient (Wildman–Crippen LogP) is 4.52. The number of carbonyl (C=O) groups excluding carboxylic acids is 1. The Labute approximate surface area is 185 Å². The molecule has 1 aromatic carbocycles. The van der Waals surface area contributed by atoms with Gasteiger partial charge in [-0.15, -0.1) is 0 Å². The smallest absolute Gasteiger partial charge is 0.230 e. The van der Waals surface area contributed by atoms with Crippen LogP contribution in [0.1, 0.15) is 70.2 Å². The van der Waals surface area contributed by atoms with E-state index in [1.54, 1.807) is 38.2 Å². The molecular formula is C25H33N3O3. The molecule has 1 aromatic heterocycles. The van der Waals surface area contributed by atoms with Crippen LogP contribution < -0.4 is 10.1 Å². The number of nitrogens with zero attached hydrogens (tertiary/aromatic N) is 2. The Morgan fingerprint density at radius 3 is 2.52 bits per heavy atom. The van der Waals surface area contributed by atoms with E-state index in [0.717, 1.165) is 24.2 Å². The van der Waals surface area contributed by atoms with Gasteiger partial charge >= 0.3 is 0 Å². The van der Waals surface area contributed by atoms with E-state index in [1.165, 1.54) is 0 Å². The van der Waals surface area contributed by atoms with E-state index in [2.05, 4.69) is 30.2 Å². The first-order valence-electron chi connectivity index (χ1n) is 10.8. The third-order valence-electron chi connectivity index (χ3n) is 5.18. The van der Waals surface area contributed by atoms with Crippen molar-refractivity contribution in [1.82, 2.24) is 10.3 Å². The molecule has 0 aliphatic heterocycles.